The topological polar surface area (TPSA) is 59.0 Å². The molecule has 29 heavy (non-hydrogen) atoms. The van der Waals surface area contributed by atoms with E-state index < -0.39 is 12.0 Å². The molecule has 5 nitrogen and oxygen atoms in total. The highest BCUT2D eigenvalue weighted by Gasteiger charge is 2.31. The zero-order valence-electron chi connectivity index (χ0n) is 18.1. The summed E-state index contributed by atoms with van der Waals surface area (Å²) in [5.74, 6) is -0.813. The van der Waals surface area contributed by atoms with Crippen molar-refractivity contribution in [2.24, 2.45) is 5.92 Å². The highest BCUT2D eigenvalue weighted by Crippen LogP contribution is 2.34. The van der Waals surface area contributed by atoms with Crippen LogP contribution in [0, 0.1) is 5.92 Å². The third kappa shape index (κ3) is 6.13. The molecule has 0 aromatic heterocycles. The fourth-order valence-electron chi connectivity index (χ4n) is 3.21. The van der Waals surface area contributed by atoms with E-state index in [9.17, 15) is 9.90 Å². The average Bonchev–Trinajstić information content (AvgIpc) is 2.72. The summed E-state index contributed by atoms with van der Waals surface area (Å²) in [5, 5.41) is 10.8. The molecule has 1 amide bonds. The summed E-state index contributed by atoms with van der Waals surface area (Å²) in [5.41, 5.74) is 2.42. The van der Waals surface area contributed by atoms with Crippen LogP contribution in [0.1, 0.15) is 44.9 Å². The lowest BCUT2D eigenvalue weighted by Crippen LogP contribution is -2.40. The number of amides is 1. The summed E-state index contributed by atoms with van der Waals surface area (Å²) in [6.07, 6.45) is -0.896. The van der Waals surface area contributed by atoms with Crippen LogP contribution in [0.25, 0.3) is 0 Å². The van der Waals surface area contributed by atoms with Gasteiger partial charge in [0.2, 0.25) is 5.91 Å². The minimum atomic E-state index is -0.896. The van der Waals surface area contributed by atoms with Crippen molar-refractivity contribution in [3.05, 3.63) is 65.7 Å². The number of aliphatic hydroxyl groups excluding tert-OH is 1. The van der Waals surface area contributed by atoms with E-state index in [1.807, 2.05) is 54.6 Å². The van der Waals surface area contributed by atoms with Gasteiger partial charge in [-0.05, 0) is 22.6 Å². The van der Waals surface area contributed by atoms with Gasteiger partial charge in [-0.3, -0.25) is 9.69 Å². The van der Waals surface area contributed by atoms with Gasteiger partial charge in [-0.25, -0.2) is 0 Å². The lowest BCUT2D eigenvalue weighted by molar-refractivity contribution is -0.126. The summed E-state index contributed by atoms with van der Waals surface area (Å²) in [4.78, 5) is 15.1. The van der Waals surface area contributed by atoms with Crippen molar-refractivity contribution in [1.82, 2.24) is 0 Å². The lowest BCUT2D eigenvalue weighted by atomic mass is 9.85. The number of ether oxygens (including phenoxy) is 2. The predicted molar refractivity (Wildman–Crippen MR) is 116 cm³/mol. The molecule has 0 aliphatic rings. The van der Waals surface area contributed by atoms with E-state index in [0.717, 1.165) is 16.8 Å². The van der Waals surface area contributed by atoms with Gasteiger partial charge in [0.25, 0.3) is 0 Å². The second-order valence-corrected chi connectivity index (χ2v) is 8.21. The first-order chi connectivity index (χ1) is 13.8. The molecular formula is C24H33NO4. The first-order valence-corrected chi connectivity index (χ1v) is 9.98. The largest absolute Gasteiger partial charge is 0.388 e. The van der Waals surface area contributed by atoms with Gasteiger partial charge >= 0.3 is 0 Å². The van der Waals surface area contributed by atoms with Crippen LogP contribution in [0.4, 0.5) is 5.69 Å². The van der Waals surface area contributed by atoms with E-state index >= 15 is 0 Å². The van der Waals surface area contributed by atoms with Crippen LogP contribution in [-0.4, -0.2) is 38.1 Å². The van der Waals surface area contributed by atoms with Crippen LogP contribution in [0.15, 0.2) is 54.6 Å². The SMILES string of the molecule is COCCOCN(C(=O)[C@H](C)[C@H](O)c1ccccc1)c1ccccc1C(C)(C)C. The van der Waals surface area contributed by atoms with Gasteiger partial charge < -0.3 is 14.6 Å². The van der Waals surface area contributed by atoms with Gasteiger partial charge in [0.05, 0.1) is 25.2 Å². The molecule has 0 aliphatic heterocycles. The Labute approximate surface area is 174 Å². The number of rotatable bonds is 9. The Morgan fingerprint density at radius 3 is 2.28 bits per heavy atom. The maximum atomic E-state index is 13.5. The first kappa shape index (κ1) is 23.1. The molecule has 0 fully saturated rings. The Hall–Kier alpha value is -2.21. The van der Waals surface area contributed by atoms with Crippen LogP contribution in [0.3, 0.4) is 0 Å². The van der Waals surface area contributed by atoms with Crippen molar-refractivity contribution in [3.8, 4) is 0 Å². The zero-order valence-corrected chi connectivity index (χ0v) is 18.1. The molecule has 0 spiro atoms. The third-order valence-corrected chi connectivity index (χ3v) is 4.93. The van der Waals surface area contributed by atoms with Crippen LogP contribution in [-0.2, 0) is 19.7 Å². The van der Waals surface area contributed by atoms with Crippen LogP contribution in [0.2, 0.25) is 0 Å². The van der Waals surface area contributed by atoms with Gasteiger partial charge in [0.15, 0.2) is 0 Å². The fraction of sp³-hybridized carbons (Fsp3) is 0.458. The highest BCUT2D eigenvalue weighted by molar-refractivity contribution is 5.96. The molecule has 2 aromatic carbocycles. The first-order valence-electron chi connectivity index (χ1n) is 9.98. The second kappa shape index (κ2) is 10.5. The van der Waals surface area contributed by atoms with Crippen molar-refractivity contribution in [1.29, 1.82) is 0 Å². The molecule has 0 heterocycles. The van der Waals surface area contributed by atoms with Gasteiger partial charge in [-0.1, -0.05) is 76.2 Å². The van der Waals surface area contributed by atoms with Crippen molar-refractivity contribution >= 4 is 11.6 Å². The Morgan fingerprint density at radius 2 is 1.66 bits per heavy atom. The van der Waals surface area contributed by atoms with E-state index in [-0.39, 0.29) is 18.1 Å². The number of hydrogen-bond acceptors (Lipinski definition) is 4. The smallest absolute Gasteiger partial charge is 0.234 e. The lowest BCUT2D eigenvalue weighted by Gasteiger charge is -2.32. The minimum Gasteiger partial charge on any atom is -0.388 e. The van der Waals surface area contributed by atoms with Crippen molar-refractivity contribution in [2.45, 2.75) is 39.2 Å². The molecule has 0 radical (unpaired) electrons. The molecule has 0 saturated carbocycles. The van der Waals surface area contributed by atoms with Crippen molar-refractivity contribution in [2.75, 3.05) is 32.0 Å². The summed E-state index contributed by atoms with van der Waals surface area (Å²) in [7, 11) is 1.61. The average molecular weight is 400 g/mol. The molecule has 0 saturated heterocycles. The number of methoxy groups -OCH3 is 1. The molecule has 2 atom stereocenters. The minimum absolute atomic E-state index is 0.0983. The molecule has 2 aromatic rings. The van der Waals surface area contributed by atoms with Crippen LogP contribution >= 0.6 is 0 Å². The number of anilines is 1. The van der Waals surface area contributed by atoms with Crippen molar-refractivity contribution < 1.29 is 19.4 Å². The molecule has 0 bridgehead atoms. The number of hydrogen-bond donors (Lipinski definition) is 1. The Kier molecular flexibility index (Phi) is 8.38. The van der Waals surface area contributed by atoms with Crippen molar-refractivity contribution in [3.63, 3.8) is 0 Å². The normalized spacial score (nSPS) is 13.7. The molecular weight excluding hydrogens is 366 g/mol. The zero-order chi connectivity index (χ0) is 21.4. The van der Waals surface area contributed by atoms with E-state index in [1.165, 1.54) is 0 Å². The van der Waals surface area contributed by atoms with Crippen LogP contribution in [0.5, 0.6) is 0 Å². The fourth-order valence-corrected chi connectivity index (χ4v) is 3.21. The van der Waals surface area contributed by atoms with E-state index in [2.05, 4.69) is 20.8 Å². The summed E-state index contributed by atoms with van der Waals surface area (Å²) in [6.45, 7) is 9.02. The van der Waals surface area contributed by atoms with Gasteiger partial charge in [-0.15, -0.1) is 0 Å². The molecule has 5 heteroatoms. The van der Waals surface area contributed by atoms with E-state index in [1.54, 1.807) is 18.9 Å². The maximum absolute atomic E-state index is 13.5. The Morgan fingerprint density at radius 1 is 1.03 bits per heavy atom. The monoisotopic (exact) mass is 399 g/mol. The highest BCUT2D eigenvalue weighted by atomic mass is 16.5. The number of carbonyl (C=O) groups excluding carboxylic acids is 1. The van der Waals surface area contributed by atoms with E-state index in [4.69, 9.17) is 9.47 Å². The number of nitrogens with zero attached hydrogens (tertiary/aromatic N) is 1. The summed E-state index contributed by atoms with van der Waals surface area (Å²) >= 11 is 0. The number of benzene rings is 2. The number of carbonyl (C=O) groups is 1. The number of para-hydroxylation sites is 1. The second-order valence-electron chi connectivity index (χ2n) is 8.21. The maximum Gasteiger partial charge on any atom is 0.234 e. The standard InChI is InChI=1S/C24H33NO4/c1-18(22(26)19-11-7-6-8-12-19)23(27)25(17-29-16-15-28-5)21-14-10-9-13-20(21)24(2,3)4/h6-14,18,22,26H,15-17H2,1-5H3/t18-,22+/m1/s1. The summed E-state index contributed by atoms with van der Waals surface area (Å²) in [6, 6.07) is 17.1. The summed E-state index contributed by atoms with van der Waals surface area (Å²) < 4.78 is 10.8. The molecule has 1 N–H and O–H groups in total. The quantitative estimate of drug-likeness (QED) is 0.504. The molecule has 0 aliphatic carbocycles. The Bertz CT molecular complexity index is 770. The third-order valence-electron chi connectivity index (χ3n) is 4.93. The molecule has 158 valence electrons. The van der Waals surface area contributed by atoms with Crippen LogP contribution < -0.4 is 4.90 Å². The molecule has 0 unspecified atom stereocenters. The van der Waals surface area contributed by atoms with Gasteiger partial charge in [-0.2, -0.15) is 0 Å². The Balaban J connectivity index is 2.34. The van der Waals surface area contributed by atoms with Gasteiger partial charge in [0.1, 0.15) is 6.73 Å². The molecule has 2 rings (SSSR count). The van der Waals surface area contributed by atoms with Gasteiger partial charge in [0, 0.05) is 12.8 Å². The number of aliphatic hydroxyl groups is 1. The predicted octanol–water partition coefficient (Wildman–Crippen LogP) is 4.31. The van der Waals surface area contributed by atoms with E-state index in [0.29, 0.717) is 13.2 Å².